The smallest absolute Gasteiger partial charge is 0.0662 e. The Morgan fingerprint density at radius 1 is 1.44 bits per heavy atom. The van der Waals surface area contributed by atoms with Crippen molar-refractivity contribution in [1.82, 2.24) is 9.88 Å². The molecule has 1 aromatic carbocycles. The van der Waals surface area contributed by atoms with Crippen molar-refractivity contribution in [2.45, 2.75) is 12.5 Å². The van der Waals surface area contributed by atoms with Gasteiger partial charge in [-0.25, -0.2) is 0 Å². The van der Waals surface area contributed by atoms with E-state index in [-0.39, 0.29) is 6.04 Å². The molecule has 2 heterocycles. The van der Waals surface area contributed by atoms with E-state index in [1.54, 1.807) is 0 Å². The molecule has 0 spiro atoms. The molecule has 3 rings (SSSR count). The van der Waals surface area contributed by atoms with E-state index < -0.39 is 0 Å². The van der Waals surface area contributed by atoms with Crippen LogP contribution in [0.3, 0.4) is 0 Å². The van der Waals surface area contributed by atoms with E-state index in [2.05, 4.69) is 29.2 Å². The summed E-state index contributed by atoms with van der Waals surface area (Å²) in [5, 5.41) is 5.58. The summed E-state index contributed by atoms with van der Waals surface area (Å²) in [6, 6.07) is 6.33. The first-order valence-electron chi connectivity index (χ1n) is 6.31. The van der Waals surface area contributed by atoms with Gasteiger partial charge in [-0.2, -0.15) is 0 Å². The Labute approximate surface area is 112 Å². The van der Waals surface area contributed by atoms with Gasteiger partial charge in [-0.05, 0) is 30.7 Å². The largest absolute Gasteiger partial charge is 0.379 e. The molecule has 0 radical (unpaired) electrons. The second-order valence-electron chi connectivity index (χ2n) is 4.79. The van der Waals surface area contributed by atoms with Gasteiger partial charge in [0.05, 0.1) is 12.6 Å². The number of fused-ring (bicyclic) bond motifs is 1. The van der Waals surface area contributed by atoms with Crippen molar-refractivity contribution in [2.75, 3.05) is 19.8 Å². The molecule has 1 saturated heterocycles. The molecule has 1 aliphatic heterocycles. The summed E-state index contributed by atoms with van der Waals surface area (Å²) in [4.78, 5) is 0. The first kappa shape index (κ1) is 12.0. The molecule has 0 amide bonds. The van der Waals surface area contributed by atoms with Crippen LogP contribution < -0.4 is 5.32 Å². The summed E-state index contributed by atoms with van der Waals surface area (Å²) in [6.07, 6.45) is 3.25. The minimum absolute atomic E-state index is 0.275. The standard InChI is InChI=1S/C14H17ClN2O/c1-17-8-12(13-9-18-6-2-5-16-13)11-4-3-10(15)7-14(11)17/h3-4,7-8,13,16H,2,5-6,9H2,1H3. The molecule has 3 nitrogen and oxygen atoms in total. The van der Waals surface area contributed by atoms with Crippen LogP contribution in [0.2, 0.25) is 5.02 Å². The van der Waals surface area contributed by atoms with E-state index in [1.807, 2.05) is 12.1 Å². The van der Waals surface area contributed by atoms with E-state index >= 15 is 0 Å². The molecule has 1 aliphatic rings. The van der Waals surface area contributed by atoms with Crippen LogP contribution >= 0.6 is 11.6 Å². The molecule has 4 heteroatoms. The molecule has 0 aliphatic carbocycles. The summed E-state index contributed by atoms with van der Waals surface area (Å²) < 4.78 is 7.77. The maximum atomic E-state index is 6.06. The fraction of sp³-hybridized carbons (Fsp3) is 0.429. The highest BCUT2D eigenvalue weighted by Crippen LogP contribution is 2.29. The van der Waals surface area contributed by atoms with Crippen LogP contribution in [0.4, 0.5) is 0 Å². The zero-order valence-electron chi connectivity index (χ0n) is 10.4. The highest BCUT2D eigenvalue weighted by atomic mass is 35.5. The Kier molecular flexibility index (Phi) is 3.29. The van der Waals surface area contributed by atoms with Crippen molar-refractivity contribution < 1.29 is 4.74 Å². The molecule has 2 aromatic rings. The monoisotopic (exact) mass is 264 g/mol. The number of rotatable bonds is 1. The summed E-state index contributed by atoms with van der Waals surface area (Å²) in [7, 11) is 2.06. The van der Waals surface area contributed by atoms with Crippen molar-refractivity contribution in [2.24, 2.45) is 7.05 Å². The molecule has 0 bridgehead atoms. The zero-order valence-corrected chi connectivity index (χ0v) is 11.2. The second-order valence-corrected chi connectivity index (χ2v) is 5.23. The highest BCUT2D eigenvalue weighted by Gasteiger charge is 2.18. The number of nitrogens with one attached hydrogen (secondary N) is 1. The highest BCUT2D eigenvalue weighted by molar-refractivity contribution is 6.31. The minimum Gasteiger partial charge on any atom is -0.379 e. The number of ether oxygens (including phenoxy) is 1. The van der Waals surface area contributed by atoms with Gasteiger partial charge in [-0.3, -0.25) is 0 Å². The molecule has 18 heavy (non-hydrogen) atoms. The predicted octanol–water partition coefficient (Wildman–Crippen LogP) is 2.88. The first-order chi connectivity index (χ1) is 8.75. The van der Waals surface area contributed by atoms with Crippen LogP contribution in [0.25, 0.3) is 10.9 Å². The molecule has 0 saturated carbocycles. The van der Waals surface area contributed by atoms with Crippen molar-refractivity contribution in [3.8, 4) is 0 Å². The fourth-order valence-electron chi connectivity index (χ4n) is 2.58. The number of benzene rings is 1. The van der Waals surface area contributed by atoms with Crippen molar-refractivity contribution in [3.63, 3.8) is 0 Å². The quantitative estimate of drug-likeness (QED) is 0.857. The van der Waals surface area contributed by atoms with E-state index in [4.69, 9.17) is 16.3 Å². The summed E-state index contributed by atoms with van der Waals surface area (Å²) in [6.45, 7) is 2.59. The van der Waals surface area contributed by atoms with Crippen molar-refractivity contribution in [3.05, 3.63) is 35.0 Å². The van der Waals surface area contributed by atoms with Crippen LogP contribution in [0.5, 0.6) is 0 Å². The lowest BCUT2D eigenvalue weighted by Gasteiger charge is -2.14. The van der Waals surface area contributed by atoms with Gasteiger partial charge < -0.3 is 14.6 Å². The Bertz CT molecular complexity index is 556. The van der Waals surface area contributed by atoms with Crippen LogP contribution in [-0.2, 0) is 11.8 Å². The lowest BCUT2D eigenvalue weighted by molar-refractivity contribution is 0.132. The number of hydrogen-bond acceptors (Lipinski definition) is 2. The van der Waals surface area contributed by atoms with Crippen LogP contribution in [0.1, 0.15) is 18.0 Å². The maximum absolute atomic E-state index is 6.06. The van der Waals surface area contributed by atoms with Gasteiger partial charge in [0.2, 0.25) is 0 Å². The normalized spacial score (nSPS) is 21.1. The van der Waals surface area contributed by atoms with E-state index in [9.17, 15) is 0 Å². The average molecular weight is 265 g/mol. The molecule has 1 fully saturated rings. The minimum atomic E-state index is 0.275. The van der Waals surface area contributed by atoms with Crippen LogP contribution in [-0.4, -0.2) is 24.3 Å². The first-order valence-corrected chi connectivity index (χ1v) is 6.69. The number of halogens is 1. The molecule has 1 unspecified atom stereocenters. The number of aryl methyl sites for hydroxylation is 1. The Hall–Kier alpha value is -1.03. The Morgan fingerprint density at radius 2 is 2.33 bits per heavy atom. The third-order valence-electron chi connectivity index (χ3n) is 3.50. The number of nitrogens with zero attached hydrogens (tertiary/aromatic N) is 1. The summed E-state index contributed by atoms with van der Waals surface area (Å²) in [5.41, 5.74) is 2.47. The summed E-state index contributed by atoms with van der Waals surface area (Å²) >= 11 is 6.06. The van der Waals surface area contributed by atoms with E-state index in [0.717, 1.165) is 31.2 Å². The SMILES string of the molecule is Cn1cc(C2COCCCN2)c2ccc(Cl)cc21. The van der Waals surface area contributed by atoms with Crippen molar-refractivity contribution in [1.29, 1.82) is 0 Å². The van der Waals surface area contributed by atoms with Crippen molar-refractivity contribution >= 4 is 22.5 Å². The Morgan fingerprint density at radius 3 is 3.22 bits per heavy atom. The lowest BCUT2D eigenvalue weighted by Crippen LogP contribution is -2.23. The Balaban J connectivity index is 2.05. The van der Waals surface area contributed by atoms with Crippen LogP contribution in [0, 0.1) is 0 Å². The number of hydrogen-bond donors (Lipinski definition) is 1. The van der Waals surface area contributed by atoms with Gasteiger partial charge in [0.1, 0.15) is 0 Å². The van der Waals surface area contributed by atoms with Gasteiger partial charge in [0.15, 0.2) is 0 Å². The van der Waals surface area contributed by atoms with Gasteiger partial charge in [0.25, 0.3) is 0 Å². The summed E-state index contributed by atoms with van der Waals surface area (Å²) in [5.74, 6) is 0. The van der Waals surface area contributed by atoms with Crippen LogP contribution in [0.15, 0.2) is 24.4 Å². The second kappa shape index (κ2) is 4.92. The molecular formula is C14H17ClN2O. The zero-order chi connectivity index (χ0) is 12.5. The van der Waals surface area contributed by atoms with E-state index in [1.165, 1.54) is 16.5 Å². The third kappa shape index (κ3) is 2.14. The molecule has 1 N–H and O–H groups in total. The molecule has 1 aromatic heterocycles. The number of aromatic nitrogens is 1. The molecule has 1 atom stereocenters. The lowest BCUT2D eigenvalue weighted by atomic mass is 10.1. The maximum Gasteiger partial charge on any atom is 0.0662 e. The molecular weight excluding hydrogens is 248 g/mol. The van der Waals surface area contributed by atoms with Gasteiger partial charge in [0, 0.05) is 35.8 Å². The average Bonchev–Trinajstić information content (AvgIpc) is 2.58. The van der Waals surface area contributed by atoms with Gasteiger partial charge in [-0.1, -0.05) is 17.7 Å². The van der Waals surface area contributed by atoms with Gasteiger partial charge in [-0.15, -0.1) is 0 Å². The fourth-order valence-corrected chi connectivity index (χ4v) is 2.74. The van der Waals surface area contributed by atoms with E-state index in [0.29, 0.717) is 0 Å². The topological polar surface area (TPSA) is 26.2 Å². The van der Waals surface area contributed by atoms with Gasteiger partial charge >= 0.3 is 0 Å². The molecule has 96 valence electrons. The predicted molar refractivity (Wildman–Crippen MR) is 74.1 cm³/mol. The third-order valence-corrected chi connectivity index (χ3v) is 3.73.